The van der Waals surface area contributed by atoms with Gasteiger partial charge in [0.25, 0.3) is 5.69 Å². The van der Waals surface area contributed by atoms with E-state index in [1.807, 2.05) is 20.8 Å². The number of rotatable bonds is 3. The van der Waals surface area contributed by atoms with Crippen molar-refractivity contribution in [3.05, 3.63) is 32.8 Å². The van der Waals surface area contributed by atoms with Crippen LogP contribution in [0.25, 0.3) is 0 Å². The molecule has 138 valence electrons. The van der Waals surface area contributed by atoms with Gasteiger partial charge in [-0.05, 0) is 52.2 Å². The zero-order valence-electron chi connectivity index (χ0n) is 14.8. The van der Waals surface area contributed by atoms with Gasteiger partial charge in [-0.15, -0.1) is 0 Å². The molecular formula is C17H24BrN3O4. The normalized spacial score (nSPS) is 18.4. The van der Waals surface area contributed by atoms with E-state index in [9.17, 15) is 14.9 Å². The Morgan fingerprint density at radius 1 is 1.40 bits per heavy atom. The number of hydrogen-bond donors (Lipinski definition) is 1. The highest BCUT2D eigenvalue weighted by Gasteiger charge is 2.27. The molecule has 1 saturated heterocycles. The van der Waals surface area contributed by atoms with E-state index in [2.05, 4.69) is 21.2 Å². The summed E-state index contributed by atoms with van der Waals surface area (Å²) in [5, 5.41) is 14.5. The fourth-order valence-electron chi connectivity index (χ4n) is 2.76. The van der Waals surface area contributed by atoms with Gasteiger partial charge in [-0.2, -0.15) is 0 Å². The number of hydrogen-bond acceptors (Lipinski definition) is 5. The molecule has 2 rings (SSSR count). The first-order chi connectivity index (χ1) is 11.7. The molecule has 25 heavy (non-hydrogen) atoms. The maximum absolute atomic E-state index is 12.4. The summed E-state index contributed by atoms with van der Waals surface area (Å²) in [6.07, 6.45) is 2.32. The Morgan fingerprint density at radius 2 is 2.12 bits per heavy atom. The molecule has 1 aromatic rings. The molecule has 0 radical (unpaired) electrons. The van der Waals surface area contributed by atoms with Crippen LogP contribution in [0.3, 0.4) is 0 Å². The van der Waals surface area contributed by atoms with Crippen LogP contribution in [0.1, 0.15) is 40.0 Å². The zero-order chi connectivity index (χ0) is 18.6. The van der Waals surface area contributed by atoms with E-state index in [0.29, 0.717) is 18.8 Å². The van der Waals surface area contributed by atoms with Gasteiger partial charge in [0.05, 0.1) is 4.92 Å². The molecule has 0 saturated carbocycles. The summed E-state index contributed by atoms with van der Waals surface area (Å²) in [5.41, 5.74) is -0.0678. The summed E-state index contributed by atoms with van der Waals surface area (Å²) in [7, 11) is 0. The Bertz CT molecular complexity index is 645. The monoisotopic (exact) mass is 413 g/mol. The minimum Gasteiger partial charge on any atom is -0.444 e. The molecule has 1 fully saturated rings. The first-order valence-electron chi connectivity index (χ1n) is 8.34. The maximum atomic E-state index is 12.4. The van der Waals surface area contributed by atoms with Crippen molar-refractivity contribution in [2.75, 3.05) is 18.4 Å². The van der Waals surface area contributed by atoms with Gasteiger partial charge in [-0.1, -0.05) is 15.9 Å². The van der Waals surface area contributed by atoms with Crippen molar-refractivity contribution < 1.29 is 14.5 Å². The van der Waals surface area contributed by atoms with Gasteiger partial charge in [0.1, 0.15) is 11.3 Å². The average Bonchev–Trinajstić information content (AvgIpc) is 2.71. The van der Waals surface area contributed by atoms with E-state index in [4.69, 9.17) is 4.74 Å². The molecular weight excluding hydrogens is 390 g/mol. The summed E-state index contributed by atoms with van der Waals surface area (Å²) < 4.78 is 6.22. The molecule has 1 unspecified atom stereocenters. The number of nitro benzene ring substituents is 1. The summed E-state index contributed by atoms with van der Waals surface area (Å²) >= 11 is 3.35. The molecule has 1 aromatic carbocycles. The van der Waals surface area contributed by atoms with Gasteiger partial charge < -0.3 is 15.0 Å². The molecule has 1 aliphatic rings. The van der Waals surface area contributed by atoms with Crippen molar-refractivity contribution in [2.45, 2.75) is 51.7 Å². The Balaban J connectivity index is 2.13. The van der Waals surface area contributed by atoms with Crippen molar-refractivity contribution in [3.8, 4) is 0 Å². The molecule has 1 amide bonds. The summed E-state index contributed by atoms with van der Waals surface area (Å²) in [6, 6.07) is 4.74. The number of ether oxygens (including phenoxy) is 1. The number of likely N-dealkylation sites (tertiary alicyclic amines) is 1. The summed E-state index contributed by atoms with van der Waals surface area (Å²) in [5.74, 6) is 0. The molecule has 0 aliphatic carbocycles. The number of halogens is 1. The number of nitrogens with one attached hydrogen (secondary N) is 1. The van der Waals surface area contributed by atoms with E-state index in [1.165, 1.54) is 6.07 Å². The third-order valence-electron chi connectivity index (χ3n) is 3.84. The molecule has 1 atom stereocenters. The second-order valence-electron chi connectivity index (χ2n) is 7.18. The summed E-state index contributed by atoms with van der Waals surface area (Å²) in [6.45, 7) is 6.60. The predicted octanol–water partition coefficient (Wildman–Crippen LogP) is 4.56. The Labute approximate surface area is 156 Å². The van der Waals surface area contributed by atoms with Gasteiger partial charge in [0.2, 0.25) is 0 Å². The third kappa shape index (κ3) is 5.88. The van der Waals surface area contributed by atoms with Gasteiger partial charge in [-0.25, -0.2) is 4.79 Å². The number of carbonyl (C=O) groups is 1. The number of carbonyl (C=O) groups excluding carboxylic acids is 1. The highest BCUT2D eigenvalue weighted by atomic mass is 79.9. The van der Waals surface area contributed by atoms with E-state index in [0.717, 1.165) is 23.7 Å². The van der Waals surface area contributed by atoms with Crippen LogP contribution in [0, 0.1) is 10.1 Å². The first-order valence-corrected chi connectivity index (χ1v) is 9.13. The van der Waals surface area contributed by atoms with Gasteiger partial charge in [-0.3, -0.25) is 10.1 Å². The number of nitro groups is 1. The number of nitrogens with zero attached hydrogens (tertiary/aromatic N) is 2. The maximum Gasteiger partial charge on any atom is 0.410 e. The summed E-state index contributed by atoms with van der Waals surface area (Å²) in [4.78, 5) is 24.9. The van der Waals surface area contributed by atoms with Crippen molar-refractivity contribution in [1.82, 2.24) is 4.90 Å². The molecule has 7 nitrogen and oxygen atoms in total. The Morgan fingerprint density at radius 3 is 2.76 bits per heavy atom. The standard InChI is InChI=1S/C17H24BrN3O4/c1-17(2,3)25-16(22)20-9-5-4-6-13(11-20)19-14-10-12(18)7-8-15(14)21(23)24/h7-8,10,13,19H,4-6,9,11H2,1-3H3. The average molecular weight is 414 g/mol. The Kier molecular flexibility index (Phi) is 6.26. The lowest BCUT2D eigenvalue weighted by Gasteiger charge is -2.29. The first kappa shape index (κ1) is 19.5. The van der Waals surface area contributed by atoms with Gasteiger partial charge in [0.15, 0.2) is 0 Å². The quantitative estimate of drug-likeness (QED) is 0.579. The number of benzene rings is 1. The second kappa shape index (κ2) is 8.03. The third-order valence-corrected chi connectivity index (χ3v) is 4.33. The van der Waals surface area contributed by atoms with E-state index >= 15 is 0 Å². The van der Waals surface area contributed by atoms with Crippen LogP contribution in [-0.4, -0.2) is 40.6 Å². The highest BCUT2D eigenvalue weighted by molar-refractivity contribution is 9.10. The Hall–Kier alpha value is -1.83. The van der Waals surface area contributed by atoms with E-state index < -0.39 is 10.5 Å². The lowest BCUT2D eigenvalue weighted by Crippen LogP contribution is -2.42. The molecule has 8 heteroatoms. The van der Waals surface area contributed by atoms with Crippen LogP contribution in [0.15, 0.2) is 22.7 Å². The van der Waals surface area contributed by atoms with Crippen molar-refractivity contribution in [1.29, 1.82) is 0 Å². The van der Waals surface area contributed by atoms with Crippen LogP contribution in [-0.2, 0) is 4.74 Å². The molecule has 1 aliphatic heterocycles. The smallest absolute Gasteiger partial charge is 0.410 e. The highest BCUT2D eigenvalue weighted by Crippen LogP contribution is 2.29. The molecule has 0 bridgehead atoms. The van der Waals surface area contributed by atoms with Gasteiger partial charge >= 0.3 is 6.09 Å². The van der Waals surface area contributed by atoms with E-state index in [1.54, 1.807) is 17.0 Å². The van der Waals surface area contributed by atoms with E-state index in [-0.39, 0.29) is 17.8 Å². The second-order valence-corrected chi connectivity index (χ2v) is 8.10. The number of amides is 1. The number of anilines is 1. The van der Waals surface area contributed by atoms with Crippen molar-refractivity contribution >= 4 is 33.4 Å². The van der Waals surface area contributed by atoms with Crippen LogP contribution >= 0.6 is 15.9 Å². The molecule has 0 spiro atoms. The fourth-order valence-corrected chi connectivity index (χ4v) is 3.12. The van der Waals surface area contributed by atoms with Gasteiger partial charge in [0, 0.05) is 29.7 Å². The topological polar surface area (TPSA) is 84.7 Å². The minimum atomic E-state index is -0.546. The fraction of sp³-hybridized carbons (Fsp3) is 0.588. The van der Waals surface area contributed by atoms with Crippen molar-refractivity contribution in [3.63, 3.8) is 0 Å². The zero-order valence-corrected chi connectivity index (χ0v) is 16.3. The SMILES string of the molecule is CC(C)(C)OC(=O)N1CCCCC(Nc2cc(Br)ccc2[N+](=O)[O-])C1. The van der Waals surface area contributed by atoms with Crippen molar-refractivity contribution in [2.24, 2.45) is 0 Å². The van der Waals surface area contributed by atoms with Crippen LogP contribution in [0.5, 0.6) is 0 Å². The predicted molar refractivity (Wildman–Crippen MR) is 99.9 cm³/mol. The molecule has 1 heterocycles. The van der Waals surface area contributed by atoms with Crippen LogP contribution < -0.4 is 5.32 Å². The molecule has 1 N–H and O–H groups in total. The largest absolute Gasteiger partial charge is 0.444 e. The lowest BCUT2D eigenvalue weighted by atomic mass is 10.1. The van der Waals surface area contributed by atoms with Crippen LogP contribution in [0.2, 0.25) is 0 Å². The van der Waals surface area contributed by atoms with Crippen LogP contribution in [0.4, 0.5) is 16.2 Å². The lowest BCUT2D eigenvalue weighted by molar-refractivity contribution is -0.384. The molecule has 0 aromatic heterocycles. The minimum absolute atomic E-state index is 0.0243.